The molecule has 0 unspecified atom stereocenters. The van der Waals surface area contributed by atoms with Crippen LogP contribution in [0.3, 0.4) is 0 Å². The summed E-state index contributed by atoms with van der Waals surface area (Å²) in [6.07, 6.45) is 2.95. The Hall–Kier alpha value is -1.35. The van der Waals surface area contributed by atoms with E-state index in [2.05, 4.69) is 11.5 Å². The maximum atomic E-state index is 11.5. The van der Waals surface area contributed by atoms with E-state index >= 15 is 0 Å². The molecular formula is C12H16N2O. The molecule has 2 rings (SSSR count). The van der Waals surface area contributed by atoms with Gasteiger partial charge in [0.2, 0.25) is 0 Å². The van der Waals surface area contributed by atoms with Gasteiger partial charge in [-0.1, -0.05) is 12.1 Å². The Morgan fingerprint density at radius 3 is 3.07 bits per heavy atom. The number of hydrogen-bond donors (Lipinski definition) is 0. The van der Waals surface area contributed by atoms with Crippen LogP contribution in [0.5, 0.6) is 0 Å². The quantitative estimate of drug-likeness (QED) is 0.692. The lowest BCUT2D eigenvalue weighted by atomic mass is 10.2. The van der Waals surface area contributed by atoms with Crippen molar-refractivity contribution < 1.29 is 0 Å². The number of hydrogen-bond acceptors (Lipinski definition) is 2. The summed E-state index contributed by atoms with van der Waals surface area (Å²) < 4.78 is 1.87. The lowest BCUT2D eigenvalue weighted by Crippen LogP contribution is -2.39. The molecule has 80 valence electrons. The smallest absolute Gasteiger partial charge is 0.250 e. The Balaban J connectivity index is 2.13. The average molecular weight is 204 g/mol. The Morgan fingerprint density at radius 1 is 1.40 bits per heavy atom. The average Bonchev–Trinajstić information content (AvgIpc) is 2.26. The normalized spacial score (nSPS) is 16.0. The number of aromatic nitrogens is 1. The van der Waals surface area contributed by atoms with Crippen LogP contribution in [0.1, 0.15) is 12.1 Å². The van der Waals surface area contributed by atoms with E-state index in [9.17, 15) is 4.79 Å². The first-order valence-corrected chi connectivity index (χ1v) is 5.33. The van der Waals surface area contributed by atoms with E-state index in [1.54, 1.807) is 6.07 Å². The zero-order chi connectivity index (χ0) is 10.7. The Kier molecular flexibility index (Phi) is 3.02. The van der Waals surface area contributed by atoms with Crippen molar-refractivity contribution in [3.63, 3.8) is 0 Å². The summed E-state index contributed by atoms with van der Waals surface area (Å²) in [6.45, 7) is 7.41. The minimum atomic E-state index is 0.121. The molecule has 2 heterocycles. The van der Waals surface area contributed by atoms with Gasteiger partial charge in [-0.15, -0.1) is 6.58 Å². The van der Waals surface area contributed by atoms with Gasteiger partial charge in [0, 0.05) is 37.9 Å². The van der Waals surface area contributed by atoms with Gasteiger partial charge in [-0.05, 0) is 12.5 Å². The van der Waals surface area contributed by atoms with E-state index in [1.807, 2.05) is 22.8 Å². The molecule has 0 spiro atoms. The molecule has 0 atom stereocenters. The van der Waals surface area contributed by atoms with Crippen LogP contribution in [0, 0.1) is 0 Å². The van der Waals surface area contributed by atoms with Crippen LogP contribution in [-0.2, 0) is 13.1 Å². The topological polar surface area (TPSA) is 25.2 Å². The SMILES string of the molecule is C=CCCN1CCn2c(cccc2=O)C1. The van der Waals surface area contributed by atoms with Crippen molar-refractivity contribution >= 4 is 0 Å². The first kappa shape index (κ1) is 10.2. The van der Waals surface area contributed by atoms with E-state index in [0.717, 1.165) is 38.3 Å². The van der Waals surface area contributed by atoms with Crippen LogP contribution in [0.2, 0.25) is 0 Å². The molecule has 1 aromatic rings. The van der Waals surface area contributed by atoms with Crippen LogP contribution >= 0.6 is 0 Å². The van der Waals surface area contributed by atoms with Gasteiger partial charge in [0.15, 0.2) is 0 Å². The molecule has 1 aromatic heterocycles. The van der Waals surface area contributed by atoms with Crippen molar-refractivity contribution in [2.24, 2.45) is 0 Å². The zero-order valence-electron chi connectivity index (χ0n) is 8.85. The highest BCUT2D eigenvalue weighted by Crippen LogP contribution is 2.09. The van der Waals surface area contributed by atoms with Crippen LogP contribution in [0.15, 0.2) is 35.6 Å². The van der Waals surface area contributed by atoms with Crippen molar-refractivity contribution in [1.29, 1.82) is 0 Å². The van der Waals surface area contributed by atoms with E-state index in [1.165, 1.54) is 0 Å². The fourth-order valence-corrected chi connectivity index (χ4v) is 1.97. The molecule has 0 aromatic carbocycles. The fourth-order valence-electron chi connectivity index (χ4n) is 1.97. The van der Waals surface area contributed by atoms with Crippen LogP contribution in [-0.4, -0.2) is 22.6 Å². The molecule has 15 heavy (non-hydrogen) atoms. The van der Waals surface area contributed by atoms with Crippen LogP contribution in [0.25, 0.3) is 0 Å². The number of fused-ring (bicyclic) bond motifs is 1. The predicted octanol–water partition coefficient (Wildman–Crippen LogP) is 1.24. The molecule has 0 saturated carbocycles. The molecule has 0 bridgehead atoms. The fraction of sp³-hybridized carbons (Fsp3) is 0.417. The minimum Gasteiger partial charge on any atom is -0.310 e. The van der Waals surface area contributed by atoms with Crippen LogP contribution < -0.4 is 5.56 Å². The molecule has 3 heteroatoms. The first-order chi connectivity index (χ1) is 7.31. The number of nitrogens with zero attached hydrogens (tertiary/aromatic N) is 2. The monoisotopic (exact) mass is 204 g/mol. The van der Waals surface area contributed by atoms with Crippen molar-refractivity contribution in [1.82, 2.24) is 9.47 Å². The highest BCUT2D eigenvalue weighted by molar-refractivity contribution is 5.08. The van der Waals surface area contributed by atoms with Crippen LogP contribution in [0.4, 0.5) is 0 Å². The molecule has 0 saturated heterocycles. The highest BCUT2D eigenvalue weighted by Gasteiger charge is 2.14. The Morgan fingerprint density at radius 2 is 2.27 bits per heavy atom. The molecule has 0 radical (unpaired) electrons. The van der Waals surface area contributed by atoms with E-state index in [0.29, 0.717) is 0 Å². The second kappa shape index (κ2) is 4.45. The second-order valence-electron chi connectivity index (χ2n) is 3.86. The molecular weight excluding hydrogens is 188 g/mol. The summed E-state index contributed by atoms with van der Waals surface area (Å²) in [5, 5.41) is 0. The van der Waals surface area contributed by atoms with Gasteiger partial charge in [-0.2, -0.15) is 0 Å². The zero-order valence-corrected chi connectivity index (χ0v) is 8.85. The summed E-state index contributed by atoms with van der Waals surface area (Å²) in [7, 11) is 0. The molecule has 0 fully saturated rings. The first-order valence-electron chi connectivity index (χ1n) is 5.33. The summed E-state index contributed by atoms with van der Waals surface area (Å²) in [5.41, 5.74) is 1.24. The maximum absolute atomic E-state index is 11.5. The van der Waals surface area contributed by atoms with Crippen molar-refractivity contribution in [3.8, 4) is 0 Å². The second-order valence-corrected chi connectivity index (χ2v) is 3.86. The van der Waals surface area contributed by atoms with Gasteiger partial charge >= 0.3 is 0 Å². The summed E-state index contributed by atoms with van der Waals surface area (Å²) in [4.78, 5) is 13.9. The van der Waals surface area contributed by atoms with Gasteiger partial charge in [-0.25, -0.2) is 0 Å². The lowest BCUT2D eigenvalue weighted by molar-refractivity contribution is 0.221. The third kappa shape index (κ3) is 2.18. The third-order valence-electron chi connectivity index (χ3n) is 2.82. The van der Waals surface area contributed by atoms with E-state index < -0.39 is 0 Å². The van der Waals surface area contributed by atoms with Crippen molar-refractivity contribution in [3.05, 3.63) is 46.9 Å². The third-order valence-corrected chi connectivity index (χ3v) is 2.82. The highest BCUT2D eigenvalue weighted by atomic mass is 16.1. The van der Waals surface area contributed by atoms with Gasteiger partial charge in [0.05, 0.1) is 0 Å². The largest absolute Gasteiger partial charge is 0.310 e. The minimum absolute atomic E-state index is 0.121. The number of rotatable bonds is 3. The van der Waals surface area contributed by atoms with Crippen molar-refractivity contribution in [2.75, 3.05) is 13.1 Å². The predicted molar refractivity (Wildman–Crippen MR) is 60.8 cm³/mol. The molecule has 0 amide bonds. The summed E-state index contributed by atoms with van der Waals surface area (Å²) >= 11 is 0. The van der Waals surface area contributed by atoms with Crippen molar-refractivity contribution in [2.45, 2.75) is 19.5 Å². The molecule has 0 aliphatic carbocycles. The van der Waals surface area contributed by atoms with Gasteiger partial charge < -0.3 is 4.57 Å². The summed E-state index contributed by atoms with van der Waals surface area (Å²) in [6, 6.07) is 5.50. The van der Waals surface area contributed by atoms with Gasteiger partial charge in [-0.3, -0.25) is 9.69 Å². The van der Waals surface area contributed by atoms with E-state index in [4.69, 9.17) is 0 Å². The Labute approximate surface area is 89.6 Å². The van der Waals surface area contributed by atoms with Gasteiger partial charge in [0.25, 0.3) is 5.56 Å². The standard InChI is InChI=1S/C12H16N2O/c1-2-3-7-13-8-9-14-11(10-13)5-4-6-12(14)15/h2,4-6H,1,3,7-10H2. The molecule has 1 aliphatic rings. The Bertz CT molecular complexity index is 408. The maximum Gasteiger partial charge on any atom is 0.250 e. The lowest BCUT2D eigenvalue weighted by Gasteiger charge is -2.29. The number of pyridine rings is 1. The van der Waals surface area contributed by atoms with E-state index in [-0.39, 0.29) is 5.56 Å². The molecule has 3 nitrogen and oxygen atoms in total. The summed E-state index contributed by atoms with van der Waals surface area (Å²) in [5.74, 6) is 0. The van der Waals surface area contributed by atoms with Gasteiger partial charge in [0.1, 0.15) is 0 Å². The molecule has 1 aliphatic heterocycles. The molecule has 0 N–H and O–H groups in total.